The van der Waals surface area contributed by atoms with Crippen molar-refractivity contribution < 1.29 is 14.5 Å². The monoisotopic (exact) mass is 143 g/mol. The minimum Gasteiger partial charge on any atom is -0.448 e. The second kappa shape index (κ2) is 2.09. The molecule has 1 heterocycles. The van der Waals surface area contributed by atoms with Gasteiger partial charge in [-0.2, -0.15) is 0 Å². The van der Waals surface area contributed by atoms with Gasteiger partial charge in [-0.05, 0) is 6.92 Å². The molecule has 1 rings (SSSR count). The summed E-state index contributed by atoms with van der Waals surface area (Å²) >= 11 is 0. The van der Waals surface area contributed by atoms with Crippen LogP contribution in [0.2, 0.25) is 0 Å². The van der Waals surface area contributed by atoms with Gasteiger partial charge in [0.15, 0.2) is 6.10 Å². The van der Waals surface area contributed by atoms with E-state index < -0.39 is 17.0 Å². The normalized spacial score (nSPS) is 23.9. The van der Waals surface area contributed by atoms with Gasteiger partial charge in [-0.25, -0.2) is 4.79 Å². The van der Waals surface area contributed by atoms with Crippen LogP contribution >= 0.6 is 0 Å². The van der Waals surface area contributed by atoms with Gasteiger partial charge in [-0.15, -0.1) is 0 Å². The Morgan fingerprint density at radius 1 is 1.80 bits per heavy atom. The van der Waals surface area contributed by atoms with Gasteiger partial charge in [0.1, 0.15) is 6.08 Å². The number of carbonyl (C=O) groups is 1. The minimum absolute atomic E-state index is 0.176. The first-order chi connectivity index (χ1) is 4.61. The van der Waals surface area contributed by atoms with Crippen molar-refractivity contribution in [3.8, 4) is 0 Å². The van der Waals surface area contributed by atoms with E-state index in [0.29, 0.717) is 0 Å². The van der Waals surface area contributed by atoms with Gasteiger partial charge in [0.25, 0.3) is 5.70 Å². The fourth-order valence-corrected chi connectivity index (χ4v) is 0.708. The molecule has 0 amide bonds. The summed E-state index contributed by atoms with van der Waals surface area (Å²) in [5, 5.41) is 10.1. The zero-order valence-corrected chi connectivity index (χ0v) is 5.23. The molecule has 1 unspecified atom stereocenters. The Balaban J connectivity index is 2.85. The van der Waals surface area contributed by atoms with Gasteiger partial charge >= 0.3 is 5.97 Å². The number of hydrogen-bond donors (Lipinski definition) is 0. The average Bonchev–Trinajstić information content (AvgIpc) is 2.10. The van der Waals surface area contributed by atoms with E-state index in [2.05, 4.69) is 4.74 Å². The molecule has 1 aliphatic rings. The summed E-state index contributed by atoms with van der Waals surface area (Å²) in [4.78, 5) is 19.8. The second-order valence-electron chi connectivity index (χ2n) is 1.91. The van der Waals surface area contributed by atoms with E-state index in [0.717, 1.165) is 6.08 Å². The molecule has 1 atom stereocenters. The van der Waals surface area contributed by atoms with Crippen molar-refractivity contribution in [1.29, 1.82) is 0 Å². The van der Waals surface area contributed by atoms with Crippen LogP contribution in [0.1, 0.15) is 6.92 Å². The van der Waals surface area contributed by atoms with E-state index in [9.17, 15) is 14.9 Å². The molecule has 0 fully saturated rings. The number of ether oxygens (including phenoxy) is 1. The maximum absolute atomic E-state index is 10.4. The molecule has 54 valence electrons. The topological polar surface area (TPSA) is 69.4 Å². The van der Waals surface area contributed by atoms with Gasteiger partial charge in [-0.1, -0.05) is 0 Å². The molecule has 0 N–H and O–H groups in total. The van der Waals surface area contributed by atoms with Crippen LogP contribution < -0.4 is 0 Å². The van der Waals surface area contributed by atoms with Crippen LogP contribution in [0.15, 0.2) is 11.8 Å². The number of nitro groups is 1. The molecule has 0 saturated carbocycles. The average molecular weight is 143 g/mol. The van der Waals surface area contributed by atoms with Crippen LogP contribution in [0.3, 0.4) is 0 Å². The van der Waals surface area contributed by atoms with E-state index in [-0.39, 0.29) is 5.70 Å². The molecule has 5 heteroatoms. The predicted octanol–water partition coefficient (Wildman–Crippen LogP) is 0.0923. The fourth-order valence-electron chi connectivity index (χ4n) is 0.708. The van der Waals surface area contributed by atoms with Crippen LogP contribution in [0.5, 0.6) is 0 Å². The first-order valence-corrected chi connectivity index (χ1v) is 2.68. The summed E-state index contributed by atoms with van der Waals surface area (Å²) < 4.78 is 4.46. The van der Waals surface area contributed by atoms with Crippen molar-refractivity contribution >= 4 is 5.97 Å². The molecule has 0 radical (unpaired) electrons. The SMILES string of the molecule is CC1OC(=O)C=C1[N+](=O)[O-]. The molecule has 0 aromatic heterocycles. The molecule has 5 nitrogen and oxygen atoms in total. The van der Waals surface area contributed by atoms with Crippen LogP contribution in [0.25, 0.3) is 0 Å². The van der Waals surface area contributed by atoms with Crippen LogP contribution in [0.4, 0.5) is 0 Å². The van der Waals surface area contributed by atoms with Crippen LogP contribution in [-0.2, 0) is 9.53 Å². The summed E-state index contributed by atoms with van der Waals surface area (Å²) in [6.45, 7) is 1.46. The highest BCUT2D eigenvalue weighted by Gasteiger charge is 2.31. The van der Waals surface area contributed by atoms with E-state index >= 15 is 0 Å². The van der Waals surface area contributed by atoms with Gasteiger partial charge in [0, 0.05) is 0 Å². The lowest BCUT2D eigenvalue weighted by molar-refractivity contribution is -0.432. The van der Waals surface area contributed by atoms with Crippen molar-refractivity contribution in [3.63, 3.8) is 0 Å². The largest absolute Gasteiger partial charge is 0.448 e. The molecule has 1 aliphatic heterocycles. The van der Waals surface area contributed by atoms with E-state index in [4.69, 9.17) is 0 Å². The number of rotatable bonds is 1. The van der Waals surface area contributed by atoms with Crippen LogP contribution in [0, 0.1) is 10.1 Å². The Morgan fingerprint density at radius 3 is 2.60 bits per heavy atom. The molecule has 0 saturated heterocycles. The van der Waals surface area contributed by atoms with E-state index in [1.807, 2.05) is 0 Å². The number of nitrogens with zero attached hydrogens (tertiary/aromatic N) is 1. The highest BCUT2D eigenvalue weighted by molar-refractivity contribution is 5.85. The molecular formula is C5H5NO4. The molecule has 0 bridgehead atoms. The first kappa shape index (κ1) is 6.73. The summed E-state index contributed by atoms with van der Waals surface area (Å²) in [7, 11) is 0. The third kappa shape index (κ3) is 0.975. The lowest BCUT2D eigenvalue weighted by Crippen LogP contribution is -2.11. The second-order valence-corrected chi connectivity index (χ2v) is 1.91. The first-order valence-electron chi connectivity index (χ1n) is 2.68. The maximum Gasteiger partial charge on any atom is 0.338 e. The van der Waals surface area contributed by atoms with Crippen molar-refractivity contribution in [2.24, 2.45) is 0 Å². The highest BCUT2D eigenvalue weighted by Crippen LogP contribution is 2.14. The standard InChI is InChI=1S/C5H5NO4/c1-3-4(6(8)9)2-5(7)10-3/h2-3H,1H3. The van der Waals surface area contributed by atoms with Crippen molar-refractivity contribution in [2.45, 2.75) is 13.0 Å². The van der Waals surface area contributed by atoms with Gasteiger partial charge in [-0.3, -0.25) is 10.1 Å². The van der Waals surface area contributed by atoms with Crippen molar-refractivity contribution in [2.75, 3.05) is 0 Å². The molecule has 0 aromatic rings. The minimum atomic E-state index is -0.706. The lowest BCUT2D eigenvalue weighted by Gasteiger charge is -1.98. The molecule has 0 spiro atoms. The molecule has 10 heavy (non-hydrogen) atoms. The number of esters is 1. The molecular weight excluding hydrogens is 138 g/mol. The smallest absolute Gasteiger partial charge is 0.338 e. The molecule has 0 aliphatic carbocycles. The fraction of sp³-hybridized carbons (Fsp3) is 0.400. The number of cyclic esters (lactones) is 1. The van der Waals surface area contributed by atoms with Gasteiger partial charge in [0.2, 0.25) is 0 Å². The zero-order chi connectivity index (χ0) is 7.72. The zero-order valence-electron chi connectivity index (χ0n) is 5.23. The Bertz CT molecular complexity index is 220. The predicted molar refractivity (Wildman–Crippen MR) is 30.6 cm³/mol. The Kier molecular flexibility index (Phi) is 1.41. The van der Waals surface area contributed by atoms with Gasteiger partial charge in [0.05, 0.1) is 4.92 Å². The van der Waals surface area contributed by atoms with Crippen LogP contribution in [-0.4, -0.2) is 17.0 Å². The van der Waals surface area contributed by atoms with Gasteiger partial charge < -0.3 is 4.74 Å². The summed E-state index contributed by atoms with van der Waals surface area (Å²) in [6.07, 6.45) is 0.187. The number of carbonyl (C=O) groups excluding carboxylic acids is 1. The Labute approximate surface area is 56.4 Å². The lowest BCUT2D eigenvalue weighted by atomic mass is 10.3. The summed E-state index contributed by atoms with van der Waals surface area (Å²) in [5.41, 5.74) is -0.176. The third-order valence-corrected chi connectivity index (χ3v) is 1.19. The van der Waals surface area contributed by atoms with Crippen molar-refractivity contribution in [1.82, 2.24) is 0 Å². The maximum atomic E-state index is 10.4. The van der Waals surface area contributed by atoms with E-state index in [1.54, 1.807) is 0 Å². The third-order valence-electron chi connectivity index (χ3n) is 1.19. The quantitative estimate of drug-likeness (QED) is 0.296. The summed E-state index contributed by atoms with van der Waals surface area (Å²) in [5.74, 6) is -0.640. The number of hydrogen-bond acceptors (Lipinski definition) is 4. The Hall–Kier alpha value is -1.39. The Morgan fingerprint density at radius 2 is 2.40 bits per heavy atom. The summed E-state index contributed by atoms with van der Waals surface area (Å²) in [6, 6.07) is 0. The highest BCUT2D eigenvalue weighted by atomic mass is 16.6. The van der Waals surface area contributed by atoms with Crippen molar-refractivity contribution in [3.05, 3.63) is 21.9 Å². The van der Waals surface area contributed by atoms with E-state index in [1.165, 1.54) is 6.92 Å². The molecule has 0 aromatic carbocycles.